The maximum atomic E-state index is 12.2. The van der Waals surface area contributed by atoms with E-state index in [-0.39, 0.29) is 18.2 Å². The third-order valence-electron chi connectivity index (χ3n) is 4.36. The van der Waals surface area contributed by atoms with E-state index in [1.54, 1.807) is 19.2 Å². The van der Waals surface area contributed by atoms with Crippen LogP contribution in [0, 0.1) is 0 Å². The molecule has 0 bridgehead atoms. The van der Waals surface area contributed by atoms with E-state index in [1.807, 2.05) is 49.4 Å². The van der Waals surface area contributed by atoms with Gasteiger partial charge in [-0.1, -0.05) is 37.3 Å². The first-order chi connectivity index (χ1) is 12.5. The fourth-order valence-corrected chi connectivity index (χ4v) is 3.39. The summed E-state index contributed by atoms with van der Waals surface area (Å²) in [5.41, 5.74) is -0.431. The van der Waals surface area contributed by atoms with Crippen molar-refractivity contribution in [2.24, 2.45) is 0 Å². The molecule has 0 saturated heterocycles. The minimum atomic E-state index is -1.12. The average molecular weight is 373 g/mol. The van der Waals surface area contributed by atoms with Crippen LogP contribution in [-0.4, -0.2) is 36.4 Å². The number of carboxylic acid groups (broad SMARTS) is 1. The number of nitrogens with one attached hydrogen (secondary N) is 1. The van der Waals surface area contributed by atoms with Crippen molar-refractivity contribution in [2.45, 2.75) is 23.7 Å². The minimum absolute atomic E-state index is 0.0604. The summed E-state index contributed by atoms with van der Waals surface area (Å²) in [6, 6.07) is 16.5. The summed E-state index contributed by atoms with van der Waals surface area (Å²) in [6.07, 6.45) is 0.387. The summed E-state index contributed by atoms with van der Waals surface area (Å²) in [5, 5.41) is 12.6. The number of benzene rings is 2. The molecule has 0 aromatic heterocycles. The SMILES string of the molecule is CCC(CNC(=O)CSc1ccc(OC)cc1)(C(=O)O)c1ccccc1. The molecule has 2 N–H and O–H groups in total. The van der Waals surface area contributed by atoms with E-state index in [0.29, 0.717) is 12.0 Å². The molecular formula is C20H23NO4S. The van der Waals surface area contributed by atoms with E-state index in [2.05, 4.69) is 5.32 Å². The minimum Gasteiger partial charge on any atom is -0.497 e. The van der Waals surface area contributed by atoms with Crippen LogP contribution in [0.3, 0.4) is 0 Å². The van der Waals surface area contributed by atoms with Gasteiger partial charge in [0.25, 0.3) is 0 Å². The van der Waals surface area contributed by atoms with Crippen LogP contribution in [0.15, 0.2) is 59.5 Å². The van der Waals surface area contributed by atoms with Crippen LogP contribution in [0.25, 0.3) is 0 Å². The lowest BCUT2D eigenvalue weighted by atomic mass is 9.78. The largest absolute Gasteiger partial charge is 0.497 e. The highest BCUT2D eigenvalue weighted by atomic mass is 32.2. The molecular weight excluding hydrogens is 350 g/mol. The number of rotatable bonds is 9. The van der Waals surface area contributed by atoms with E-state index in [4.69, 9.17) is 4.74 Å². The van der Waals surface area contributed by atoms with Gasteiger partial charge in [-0.05, 0) is 36.2 Å². The molecule has 5 nitrogen and oxygen atoms in total. The summed E-state index contributed by atoms with van der Waals surface area (Å²) in [5.74, 6) is -0.147. The Morgan fingerprint density at radius 3 is 2.31 bits per heavy atom. The zero-order valence-corrected chi connectivity index (χ0v) is 15.7. The number of methoxy groups -OCH3 is 1. The summed E-state index contributed by atoms with van der Waals surface area (Å²) < 4.78 is 5.10. The molecule has 0 fully saturated rings. The van der Waals surface area contributed by atoms with E-state index < -0.39 is 11.4 Å². The van der Waals surface area contributed by atoms with Gasteiger partial charge >= 0.3 is 5.97 Å². The van der Waals surface area contributed by atoms with Crippen molar-refractivity contribution in [2.75, 3.05) is 19.4 Å². The first-order valence-electron chi connectivity index (χ1n) is 8.34. The lowest BCUT2D eigenvalue weighted by Gasteiger charge is -2.29. The number of carbonyl (C=O) groups is 2. The second kappa shape index (κ2) is 9.29. The summed E-state index contributed by atoms with van der Waals surface area (Å²) in [6.45, 7) is 1.88. The first-order valence-corrected chi connectivity index (χ1v) is 9.33. The van der Waals surface area contributed by atoms with Crippen LogP contribution in [0.4, 0.5) is 0 Å². The van der Waals surface area contributed by atoms with E-state index in [0.717, 1.165) is 10.6 Å². The number of hydrogen-bond donors (Lipinski definition) is 2. The van der Waals surface area contributed by atoms with Crippen LogP contribution in [0.1, 0.15) is 18.9 Å². The van der Waals surface area contributed by atoms with E-state index >= 15 is 0 Å². The van der Waals surface area contributed by atoms with Gasteiger partial charge in [0, 0.05) is 11.4 Å². The van der Waals surface area contributed by atoms with Crippen molar-refractivity contribution in [3.63, 3.8) is 0 Å². The quantitative estimate of drug-likeness (QED) is 0.660. The van der Waals surface area contributed by atoms with E-state index in [9.17, 15) is 14.7 Å². The Labute approximate surface area is 157 Å². The van der Waals surface area contributed by atoms with Gasteiger partial charge in [-0.2, -0.15) is 0 Å². The third-order valence-corrected chi connectivity index (χ3v) is 5.37. The third kappa shape index (κ3) is 4.79. The van der Waals surface area contributed by atoms with Gasteiger partial charge in [-0.15, -0.1) is 11.8 Å². The van der Waals surface area contributed by atoms with E-state index in [1.165, 1.54) is 11.8 Å². The van der Waals surface area contributed by atoms with Crippen molar-refractivity contribution in [3.05, 3.63) is 60.2 Å². The highest BCUT2D eigenvalue weighted by Gasteiger charge is 2.38. The summed E-state index contributed by atoms with van der Waals surface area (Å²) >= 11 is 1.40. The molecule has 0 heterocycles. The average Bonchev–Trinajstić information content (AvgIpc) is 2.68. The maximum absolute atomic E-state index is 12.2. The standard InChI is InChI=1S/C20H23NO4S/c1-3-20(19(23)24,15-7-5-4-6-8-15)14-21-18(22)13-26-17-11-9-16(25-2)10-12-17/h4-12H,3,13-14H2,1-2H3,(H,21,22)(H,23,24). The molecule has 0 spiro atoms. The van der Waals surface area contributed by atoms with Crippen LogP contribution in [0.2, 0.25) is 0 Å². The molecule has 0 aliphatic carbocycles. The number of carboxylic acids is 1. The van der Waals surface area contributed by atoms with Gasteiger partial charge in [0.1, 0.15) is 11.2 Å². The Kier molecular flexibility index (Phi) is 7.09. The molecule has 2 rings (SSSR count). The Hall–Kier alpha value is -2.47. The molecule has 2 aromatic carbocycles. The normalized spacial score (nSPS) is 12.8. The van der Waals surface area contributed by atoms with Gasteiger partial charge in [0.05, 0.1) is 12.9 Å². The zero-order chi connectivity index (χ0) is 19.0. The van der Waals surface area contributed by atoms with Crippen molar-refractivity contribution >= 4 is 23.6 Å². The topological polar surface area (TPSA) is 75.6 Å². The number of ether oxygens (including phenoxy) is 1. The molecule has 138 valence electrons. The van der Waals surface area contributed by atoms with Crippen LogP contribution in [-0.2, 0) is 15.0 Å². The van der Waals surface area contributed by atoms with Crippen molar-refractivity contribution in [3.8, 4) is 5.75 Å². The second-order valence-electron chi connectivity index (χ2n) is 5.85. The molecule has 2 aromatic rings. The van der Waals surface area contributed by atoms with Gasteiger partial charge in [-0.3, -0.25) is 9.59 Å². The molecule has 0 radical (unpaired) electrons. The molecule has 1 unspecified atom stereocenters. The molecule has 0 aliphatic heterocycles. The predicted molar refractivity (Wildman–Crippen MR) is 103 cm³/mol. The van der Waals surface area contributed by atoms with Crippen LogP contribution >= 0.6 is 11.8 Å². The smallest absolute Gasteiger partial charge is 0.315 e. The Morgan fingerprint density at radius 2 is 1.77 bits per heavy atom. The highest BCUT2D eigenvalue weighted by Crippen LogP contribution is 2.28. The van der Waals surface area contributed by atoms with Crippen LogP contribution in [0.5, 0.6) is 5.75 Å². The number of carbonyl (C=O) groups excluding carboxylic acids is 1. The molecule has 1 atom stereocenters. The van der Waals surface area contributed by atoms with Crippen LogP contribution < -0.4 is 10.1 Å². The zero-order valence-electron chi connectivity index (χ0n) is 14.9. The number of amides is 1. The fourth-order valence-electron chi connectivity index (χ4n) is 2.66. The van der Waals surface area contributed by atoms with Gasteiger partial charge in [0.2, 0.25) is 5.91 Å². The fraction of sp³-hybridized carbons (Fsp3) is 0.300. The maximum Gasteiger partial charge on any atom is 0.315 e. The molecule has 0 aliphatic rings. The Bertz CT molecular complexity index is 733. The monoisotopic (exact) mass is 373 g/mol. The second-order valence-corrected chi connectivity index (χ2v) is 6.90. The van der Waals surface area contributed by atoms with Gasteiger partial charge < -0.3 is 15.2 Å². The Morgan fingerprint density at radius 1 is 1.12 bits per heavy atom. The van der Waals surface area contributed by atoms with Gasteiger partial charge in [-0.25, -0.2) is 0 Å². The highest BCUT2D eigenvalue weighted by molar-refractivity contribution is 8.00. The Balaban J connectivity index is 1.97. The predicted octanol–water partition coefficient (Wildman–Crippen LogP) is 3.34. The van der Waals surface area contributed by atoms with Crippen molar-refractivity contribution in [1.82, 2.24) is 5.32 Å². The lowest BCUT2D eigenvalue weighted by molar-refractivity contribution is -0.144. The number of hydrogen-bond acceptors (Lipinski definition) is 4. The number of thioether (sulfide) groups is 1. The molecule has 26 heavy (non-hydrogen) atoms. The number of aliphatic carboxylic acids is 1. The van der Waals surface area contributed by atoms with Gasteiger partial charge in [0.15, 0.2) is 0 Å². The molecule has 1 amide bonds. The van der Waals surface area contributed by atoms with Crippen molar-refractivity contribution < 1.29 is 19.4 Å². The lowest BCUT2D eigenvalue weighted by Crippen LogP contribution is -2.46. The van der Waals surface area contributed by atoms with Crippen molar-refractivity contribution in [1.29, 1.82) is 0 Å². The summed E-state index contributed by atoms with van der Waals surface area (Å²) in [4.78, 5) is 25.1. The summed E-state index contributed by atoms with van der Waals surface area (Å²) in [7, 11) is 1.60. The molecule has 6 heteroatoms. The first kappa shape index (κ1) is 19.8. The molecule has 0 saturated carbocycles.